The first-order valence-corrected chi connectivity index (χ1v) is 10.3. The van der Waals surface area contributed by atoms with Gasteiger partial charge in [-0.1, -0.05) is 30.3 Å². The van der Waals surface area contributed by atoms with E-state index in [1.165, 1.54) is 0 Å². The molecule has 2 aliphatic heterocycles. The van der Waals surface area contributed by atoms with E-state index >= 15 is 0 Å². The minimum atomic E-state index is -0.508. The predicted molar refractivity (Wildman–Crippen MR) is 112 cm³/mol. The van der Waals surface area contributed by atoms with Crippen LogP contribution in [0.3, 0.4) is 0 Å². The Morgan fingerprint density at radius 2 is 2.00 bits per heavy atom. The number of amides is 4. The third kappa shape index (κ3) is 8.81. The van der Waals surface area contributed by atoms with Crippen LogP contribution >= 0.6 is 0 Å². The molecule has 1 aromatic carbocycles. The topological polar surface area (TPSA) is 109 Å². The van der Waals surface area contributed by atoms with Crippen LogP contribution in [0.4, 0.5) is 9.59 Å². The van der Waals surface area contributed by atoms with Crippen molar-refractivity contribution < 1.29 is 28.8 Å². The van der Waals surface area contributed by atoms with Crippen LogP contribution < -0.4 is 10.8 Å². The van der Waals surface area contributed by atoms with Crippen molar-refractivity contribution in [1.82, 2.24) is 20.8 Å². The first-order chi connectivity index (χ1) is 14.8. The van der Waals surface area contributed by atoms with E-state index in [1.54, 1.807) is 25.8 Å². The first-order valence-electron chi connectivity index (χ1n) is 10.3. The Bertz CT molecular complexity index is 710. The minimum Gasteiger partial charge on any atom is -0.444 e. The van der Waals surface area contributed by atoms with Crippen molar-refractivity contribution in [2.45, 2.75) is 51.9 Å². The van der Waals surface area contributed by atoms with E-state index in [2.05, 4.69) is 10.2 Å². The number of fused-ring (bicyclic) bond motifs is 2. The molecule has 1 aromatic rings. The Morgan fingerprint density at radius 3 is 2.65 bits per heavy atom. The molecule has 4 amide bonds. The molecule has 0 aliphatic carbocycles. The summed E-state index contributed by atoms with van der Waals surface area (Å²) in [5.41, 5.74) is 2.58. The van der Waals surface area contributed by atoms with Gasteiger partial charge in [0, 0.05) is 19.6 Å². The second kappa shape index (κ2) is 12.1. The van der Waals surface area contributed by atoms with Gasteiger partial charge >= 0.3 is 12.1 Å². The maximum absolute atomic E-state index is 11.9. The zero-order valence-corrected chi connectivity index (χ0v) is 18.3. The van der Waals surface area contributed by atoms with Crippen LogP contribution in [0.15, 0.2) is 30.3 Å². The van der Waals surface area contributed by atoms with Crippen LogP contribution in [0, 0.1) is 0 Å². The number of hydroxylamine groups is 3. The van der Waals surface area contributed by atoms with Gasteiger partial charge in [0.1, 0.15) is 12.2 Å². The average Bonchev–Trinajstić information content (AvgIpc) is 2.94. The number of ether oxygens (including phenoxy) is 1. The van der Waals surface area contributed by atoms with E-state index in [0.717, 1.165) is 31.5 Å². The summed E-state index contributed by atoms with van der Waals surface area (Å²) in [6, 6.07) is 10.2. The lowest BCUT2D eigenvalue weighted by Gasteiger charge is -2.22. The van der Waals surface area contributed by atoms with E-state index in [-0.39, 0.29) is 25.2 Å². The van der Waals surface area contributed by atoms with E-state index in [0.29, 0.717) is 13.0 Å². The van der Waals surface area contributed by atoms with Crippen molar-refractivity contribution in [3.8, 4) is 0 Å². The maximum Gasteiger partial charge on any atom is 0.407 e. The Kier molecular flexibility index (Phi) is 9.54. The smallest absolute Gasteiger partial charge is 0.407 e. The van der Waals surface area contributed by atoms with E-state index in [9.17, 15) is 14.4 Å². The summed E-state index contributed by atoms with van der Waals surface area (Å²) in [6.45, 7) is 7.96. The van der Waals surface area contributed by atoms with Crippen molar-refractivity contribution in [3.63, 3.8) is 0 Å². The zero-order chi connectivity index (χ0) is 22.7. The highest BCUT2D eigenvalue weighted by atomic mass is 16.7. The molecule has 0 unspecified atom stereocenters. The van der Waals surface area contributed by atoms with Crippen LogP contribution in [-0.2, 0) is 25.8 Å². The van der Waals surface area contributed by atoms with Gasteiger partial charge in [-0.25, -0.2) is 15.1 Å². The van der Waals surface area contributed by atoms with Gasteiger partial charge in [-0.3, -0.25) is 14.5 Å². The molecule has 172 valence electrons. The quantitative estimate of drug-likeness (QED) is 0.367. The molecule has 0 aromatic heterocycles. The lowest BCUT2D eigenvalue weighted by molar-refractivity contribution is -0.140. The number of rotatable bonds is 8. The normalized spacial score (nSPS) is 17.5. The highest BCUT2D eigenvalue weighted by Crippen LogP contribution is 2.25. The molecule has 0 spiro atoms. The molecule has 2 aliphatic rings. The minimum absolute atomic E-state index is 0.0310. The molecule has 10 nitrogen and oxygen atoms in total. The van der Waals surface area contributed by atoms with E-state index < -0.39 is 11.7 Å². The van der Waals surface area contributed by atoms with Crippen molar-refractivity contribution in [2.75, 3.05) is 26.2 Å². The highest BCUT2D eigenvalue weighted by Gasteiger charge is 2.40. The molecule has 0 saturated carbocycles. The van der Waals surface area contributed by atoms with Crippen molar-refractivity contribution in [2.24, 2.45) is 0 Å². The number of nitrogens with zero attached hydrogens (tertiary/aromatic N) is 2. The van der Waals surface area contributed by atoms with Gasteiger partial charge in [0.05, 0.1) is 12.6 Å². The fraction of sp³-hybridized carbons (Fsp3) is 0.571. The monoisotopic (exact) mass is 436 g/mol. The fourth-order valence-electron chi connectivity index (χ4n) is 3.11. The Hall–Kier alpha value is -2.85. The van der Waals surface area contributed by atoms with Crippen molar-refractivity contribution in [1.29, 1.82) is 0 Å². The SMILES string of the molecule is CC(C)(C)OC(=O)NCCONC=O.O=C1N2CCC[C@H](C2)N1OCc1ccccc1. The third-order valence-corrected chi connectivity index (χ3v) is 4.40. The zero-order valence-electron chi connectivity index (χ0n) is 18.3. The summed E-state index contributed by atoms with van der Waals surface area (Å²) in [6.07, 6.45) is 2.04. The lowest BCUT2D eigenvalue weighted by atomic mass is 10.1. The largest absolute Gasteiger partial charge is 0.444 e. The van der Waals surface area contributed by atoms with Crippen LogP contribution in [0.1, 0.15) is 39.2 Å². The molecule has 1 atom stereocenters. The first kappa shape index (κ1) is 24.4. The summed E-state index contributed by atoms with van der Waals surface area (Å²) in [5, 5.41) is 4.03. The molecule has 2 heterocycles. The summed E-state index contributed by atoms with van der Waals surface area (Å²) in [7, 11) is 0. The standard InChI is InChI=1S/C13H16N2O2.C8H16N2O4/c16-13-14-8-4-7-12(9-14)15(13)17-10-11-5-2-1-3-6-11;1-8(2,3)14-7(12)9-4-5-13-10-6-11/h1-3,5-6,12H,4,7-10H2;6H,4-5H2,1-3H3,(H,9,12)(H,10,11)/t12-;/m1./s1. The molecule has 0 radical (unpaired) electrons. The summed E-state index contributed by atoms with van der Waals surface area (Å²) < 4.78 is 4.95. The number of hydrogen-bond donors (Lipinski definition) is 2. The fourth-order valence-corrected chi connectivity index (χ4v) is 3.11. The molecule has 2 saturated heterocycles. The molecule has 2 fully saturated rings. The van der Waals surface area contributed by atoms with Gasteiger partial charge in [0.15, 0.2) is 0 Å². The lowest BCUT2D eigenvalue weighted by Crippen LogP contribution is -2.35. The van der Waals surface area contributed by atoms with E-state index in [4.69, 9.17) is 9.57 Å². The number of urea groups is 1. The van der Waals surface area contributed by atoms with Crippen LogP contribution in [0.25, 0.3) is 0 Å². The Morgan fingerprint density at radius 1 is 1.26 bits per heavy atom. The maximum atomic E-state index is 11.9. The average molecular weight is 437 g/mol. The van der Waals surface area contributed by atoms with Gasteiger partial charge in [0.25, 0.3) is 0 Å². The number of alkyl carbamates (subject to hydrolysis) is 1. The molecule has 3 rings (SSSR count). The summed E-state index contributed by atoms with van der Waals surface area (Å²) in [4.78, 5) is 44.8. The number of piperidine rings is 1. The van der Waals surface area contributed by atoms with Crippen molar-refractivity contribution >= 4 is 18.5 Å². The number of carbonyl (C=O) groups is 3. The van der Waals surface area contributed by atoms with Gasteiger partial charge in [0.2, 0.25) is 6.41 Å². The molecule has 10 heteroatoms. The Balaban J connectivity index is 0.000000226. The van der Waals surface area contributed by atoms with Gasteiger partial charge in [-0.05, 0) is 39.2 Å². The number of benzene rings is 1. The number of nitrogens with one attached hydrogen (secondary N) is 2. The predicted octanol–water partition coefficient (Wildman–Crippen LogP) is 2.21. The number of hydrogen-bond acceptors (Lipinski definition) is 6. The van der Waals surface area contributed by atoms with Gasteiger partial charge < -0.3 is 15.0 Å². The Labute approximate surface area is 182 Å². The number of carbonyl (C=O) groups excluding carboxylic acids is 3. The van der Waals surface area contributed by atoms with Crippen LogP contribution in [-0.4, -0.2) is 66.4 Å². The summed E-state index contributed by atoms with van der Waals surface area (Å²) in [5.74, 6) is 0. The second-order valence-electron chi connectivity index (χ2n) is 8.12. The summed E-state index contributed by atoms with van der Waals surface area (Å²) >= 11 is 0. The van der Waals surface area contributed by atoms with Crippen LogP contribution in [0.5, 0.6) is 0 Å². The molecular formula is C21H32N4O6. The third-order valence-electron chi connectivity index (χ3n) is 4.40. The highest BCUT2D eigenvalue weighted by molar-refractivity contribution is 5.76. The molecular weight excluding hydrogens is 404 g/mol. The molecule has 31 heavy (non-hydrogen) atoms. The molecule has 2 N–H and O–H groups in total. The van der Waals surface area contributed by atoms with E-state index in [1.807, 2.05) is 40.7 Å². The second-order valence-corrected chi connectivity index (χ2v) is 8.12. The van der Waals surface area contributed by atoms with Crippen LogP contribution in [0.2, 0.25) is 0 Å². The molecule has 2 bridgehead atoms. The van der Waals surface area contributed by atoms with Gasteiger partial charge in [-0.15, -0.1) is 0 Å². The van der Waals surface area contributed by atoms with Crippen molar-refractivity contribution in [3.05, 3.63) is 35.9 Å². The van der Waals surface area contributed by atoms with Gasteiger partial charge in [-0.2, -0.15) is 5.06 Å².